The Hall–Kier alpha value is -10.7. The summed E-state index contributed by atoms with van der Waals surface area (Å²) in [6.45, 7) is -0.155. The van der Waals surface area contributed by atoms with Crippen LogP contribution < -0.4 is 31.1 Å². The summed E-state index contributed by atoms with van der Waals surface area (Å²) in [7, 11) is 0. The lowest BCUT2D eigenvalue weighted by molar-refractivity contribution is 1.23. The maximum atomic E-state index is 2.55. The number of hydrogen-bond acceptors (Lipinski definition) is 3. The van der Waals surface area contributed by atoms with Gasteiger partial charge in [0.2, 0.25) is 0 Å². The Kier molecular flexibility index (Phi) is 12.3. The number of anilines is 9. The Morgan fingerprint density at radius 2 is 0.524 bits per heavy atom. The lowest BCUT2D eigenvalue weighted by Gasteiger charge is -2.45. The second kappa shape index (κ2) is 20.8. The molecular formula is C78H54BN3. The molecule has 0 radical (unpaired) electrons. The van der Waals surface area contributed by atoms with Gasteiger partial charge in [0.25, 0.3) is 6.71 Å². The van der Waals surface area contributed by atoms with Crippen molar-refractivity contribution in [1.82, 2.24) is 0 Å². The van der Waals surface area contributed by atoms with E-state index >= 15 is 0 Å². The molecule has 0 saturated heterocycles. The van der Waals surface area contributed by atoms with Crippen molar-refractivity contribution in [2.75, 3.05) is 14.7 Å². The summed E-state index contributed by atoms with van der Waals surface area (Å²) in [5.74, 6) is 0. The van der Waals surface area contributed by atoms with Gasteiger partial charge in [-0.2, -0.15) is 0 Å². The van der Waals surface area contributed by atoms with Crippen LogP contribution in [0.5, 0.6) is 0 Å². The monoisotopic (exact) mass is 1040 g/mol. The largest absolute Gasteiger partial charge is 0.311 e. The fraction of sp³-hybridized carbons (Fsp3) is 0. The van der Waals surface area contributed by atoms with Gasteiger partial charge in [-0.1, -0.05) is 267 Å². The molecule has 13 aromatic carbocycles. The molecule has 0 aromatic heterocycles. The smallest absolute Gasteiger partial charge is 0.252 e. The van der Waals surface area contributed by atoms with Crippen molar-refractivity contribution in [3.8, 4) is 66.8 Å². The summed E-state index contributed by atoms with van der Waals surface area (Å²) in [4.78, 5) is 7.61. The molecule has 0 aliphatic carbocycles. The van der Waals surface area contributed by atoms with Gasteiger partial charge in [0, 0.05) is 45.3 Å². The van der Waals surface area contributed by atoms with E-state index in [1.54, 1.807) is 0 Å². The van der Waals surface area contributed by atoms with E-state index in [-0.39, 0.29) is 6.71 Å². The van der Waals surface area contributed by atoms with Crippen LogP contribution in [0.15, 0.2) is 328 Å². The predicted octanol–water partition coefficient (Wildman–Crippen LogP) is 19.2. The maximum absolute atomic E-state index is 2.55. The molecule has 0 spiro atoms. The fourth-order valence-corrected chi connectivity index (χ4v) is 12.6. The van der Waals surface area contributed by atoms with Crippen molar-refractivity contribution in [1.29, 1.82) is 0 Å². The van der Waals surface area contributed by atoms with Gasteiger partial charge in [0.1, 0.15) is 0 Å². The standard InChI is InChI=1S/C78H54BN3/c1-7-23-55(24-8-1)59-39-45-65(46-40-59)80-74-49-43-63(57-27-11-3-12-28-57)51-70(74)79-71-52-64(58-29-13-4-14-30-58)44-50-75(71)81(66-47-41-60(42-48-66)56-25-9-2-10-26-56)77-54-67(53-76(80)78(77)79)82(72-37-21-19-35-68(72)61-31-15-5-16-32-61)73-38-22-20-36-69(73)62-33-17-6-18-34-62/h1-54H. The van der Waals surface area contributed by atoms with Crippen LogP contribution in [0.2, 0.25) is 0 Å². The third-order valence-corrected chi connectivity index (χ3v) is 16.4. The van der Waals surface area contributed by atoms with Crippen LogP contribution in [0, 0.1) is 0 Å². The third kappa shape index (κ3) is 8.66. The molecule has 0 fully saturated rings. The zero-order chi connectivity index (χ0) is 54.3. The molecule has 384 valence electrons. The average molecular weight is 1040 g/mol. The van der Waals surface area contributed by atoms with Crippen LogP contribution in [0.3, 0.4) is 0 Å². The number of rotatable bonds is 11. The van der Waals surface area contributed by atoms with Gasteiger partial charge in [0.05, 0.1) is 17.1 Å². The molecule has 15 rings (SSSR count). The lowest BCUT2D eigenvalue weighted by atomic mass is 9.33. The molecule has 0 saturated carbocycles. The minimum Gasteiger partial charge on any atom is -0.311 e. The molecule has 2 aliphatic heterocycles. The van der Waals surface area contributed by atoms with Crippen molar-refractivity contribution < 1.29 is 0 Å². The second-order valence-electron chi connectivity index (χ2n) is 21.2. The molecule has 82 heavy (non-hydrogen) atoms. The van der Waals surface area contributed by atoms with Crippen molar-refractivity contribution in [3.05, 3.63) is 328 Å². The van der Waals surface area contributed by atoms with Crippen LogP contribution in [0.1, 0.15) is 0 Å². The van der Waals surface area contributed by atoms with E-state index < -0.39 is 0 Å². The Morgan fingerprint density at radius 1 is 0.232 bits per heavy atom. The Morgan fingerprint density at radius 3 is 0.890 bits per heavy atom. The van der Waals surface area contributed by atoms with Gasteiger partial charge in [-0.3, -0.25) is 0 Å². The molecule has 0 bridgehead atoms. The van der Waals surface area contributed by atoms with E-state index in [0.29, 0.717) is 0 Å². The summed E-state index contributed by atoms with van der Waals surface area (Å²) in [5, 5.41) is 0. The van der Waals surface area contributed by atoms with Gasteiger partial charge < -0.3 is 14.7 Å². The maximum Gasteiger partial charge on any atom is 0.252 e. The predicted molar refractivity (Wildman–Crippen MR) is 348 cm³/mol. The average Bonchev–Trinajstić information content (AvgIpc) is 1.34. The van der Waals surface area contributed by atoms with Gasteiger partial charge in [0.15, 0.2) is 0 Å². The van der Waals surface area contributed by atoms with E-state index in [0.717, 1.165) is 73.4 Å². The first-order valence-electron chi connectivity index (χ1n) is 28.3. The zero-order valence-electron chi connectivity index (χ0n) is 45.1. The number of hydrogen-bond donors (Lipinski definition) is 0. The highest BCUT2D eigenvalue weighted by Gasteiger charge is 2.44. The van der Waals surface area contributed by atoms with Crippen molar-refractivity contribution in [3.63, 3.8) is 0 Å². The Balaban J connectivity index is 1.06. The van der Waals surface area contributed by atoms with Gasteiger partial charge in [-0.05, 0) is 133 Å². The number of nitrogens with zero attached hydrogens (tertiary/aromatic N) is 3. The molecule has 4 heteroatoms. The number of para-hydroxylation sites is 2. The van der Waals surface area contributed by atoms with Gasteiger partial charge in [-0.15, -0.1) is 0 Å². The van der Waals surface area contributed by atoms with E-state index in [4.69, 9.17) is 0 Å². The minimum atomic E-state index is -0.155. The van der Waals surface area contributed by atoms with Crippen molar-refractivity contribution in [2.24, 2.45) is 0 Å². The van der Waals surface area contributed by atoms with E-state index in [1.807, 2.05) is 0 Å². The van der Waals surface area contributed by atoms with Crippen LogP contribution in [-0.4, -0.2) is 6.71 Å². The molecule has 2 aliphatic rings. The fourth-order valence-electron chi connectivity index (χ4n) is 12.6. The minimum absolute atomic E-state index is 0.155. The molecule has 2 heterocycles. The second-order valence-corrected chi connectivity index (χ2v) is 21.2. The first kappa shape index (κ1) is 48.5. The Bertz CT molecular complexity index is 4140. The first-order valence-corrected chi connectivity index (χ1v) is 28.3. The van der Waals surface area contributed by atoms with E-state index in [9.17, 15) is 0 Å². The van der Waals surface area contributed by atoms with Crippen molar-refractivity contribution >= 4 is 74.3 Å². The molecule has 0 N–H and O–H groups in total. The molecule has 13 aromatic rings. The summed E-state index contributed by atoms with van der Waals surface area (Å²) >= 11 is 0. The first-order chi connectivity index (χ1) is 40.7. The SMILES string of the molecule is c1ccc(-c2ccc(N3c4ccc(-c5ccccc5)cc4B4c5cc(-c6ccccc6)ccc5N(c5ccc(-c6ccccc6)cc5)c5cc(N(c6ccccc6-c6ccccc6)c6ccccc6-c6ccccc6)cc3c54)cc2)cc1. The van der Waals surface area contributed by atoms with Crippen LogP contribution in [-0.2, 0) is 0 Å². The molecule has 3 nitrogen and oxygen atoms in total. The highest BCUT2D eigenvalue weighted by atomic mass is 15.2. The van der Waals surface area contributed by atoms with E-state index in [1.165, 1.54) is 60.9 Å². The summed E-state index contributed by atoms with van der Waals surface area (Å²) in [6.07, 6.45) is 0. The highest BCUT2D eigenvalue weighted by molar-refractivity contribution is 7.00. The summed E-state index contributed by atoms with van der Waals surface area (Å²) in [5.41, 5.74) is 27.6. The van der Waals surface area contributed by atoms with Gasteiger partial charge >= 0.3 is 0 Å². The van der Waals surface area contributed by atoms with Gasteiger partial charge in [-0.25, -0.2) is 0 Å². The molecular weight excluding hydrogens is 990 g/mol. The highest BCUT2D eigenvalue weighted by Crippen LogP contribution is 2.51. The number of benzene rings is 13. The topological polar surface area (TPSA) is 9.72 Å². The van der Waals surface area contributed by atoms with Crippen LogP contribution >= 0.6 is 0 Å². The van der Waals surface area contributed by atoms with Crippen LogP contribution in [0.25, 0.3) is 66.8 Å². The lowest BCUT2D eigenvalue weighted by Crippen LogP contribution is -2.61. The normalized spacial score (nSPS) is 12.1. The quantitative estimate of drug-likeness (QED) is 0.120. The Labute approximate surface area is 480 Å². The summed E-state index contributed by atoms with van der Waals surface area (Å²) in [6, 6.07) is 120. The van der Waals surface area contributed by atoms with E-state index in [2.05, 4.69) is 342 Å². The molecule has 0 atom stereocenters. The molecule has 0 unspecified atom stereocenters. The van der Waals surface area contributed by atoms with Crippen LogP contribution in [0.4, 0.5) is 51.2 Å². The molecule has 0 amide bonds. The zero-order valence-corrected chi connectivity index (χ0v) is 45.1. The summed E-state index contributed by atoms with van der Waals surface area (Å²) < 4.78 is 0. The number of fused-ring (bicyclic) bond motifs is 4. The third-order valence-electron chi connectivity index (χ3n) is 16.4. The van der Waals surface area contributed by atoms with Crippen molar-refractivity contribution in [2.45, 2.75) is 0 Å².